The van der Waals surface area contributed by atoms with Crippen molar-refractivity contribution in [2.45, 2.75) is 13.8 Å². The first kappa shape index (κ1) is 19.2. The van der Waals surface area contributed by atoms with E-state index < -0.39 is 0 Å². The van der Waals surface area contributed by atoms with E-state index >= 15 is 0 Å². The van der Waals surface area contributed by atoms with E-state index in [1.165, 1.54) is 0 Å². The van der Waals surface area contributed by atoms with Gasteiger partial charge in [-0.3, -0.25) is 0 Å². The minimum absolute atomic E-state index is 0.532. The number of anilines is 3. The van der Waals surface area contributed by atoms with E-state index in [2.05, 4.69) is 58.2 Å². The molecule has 1 aromatic carbocycles. The summed E-state index contributed by atoms with van der Waals surface area (Å²) in [5, 5.41) is 3.40. The number of aromatic nitrogens is 3. The van der Waals surface area contributed by atoms with E-state index in [4.69, 9.17) is 9.97 Å². The minimum atomic E-state index is 0.532. The summed E-state index contributed by atoms with van der Waals surface area (Å²) < 4.78 is 0. The topological polar surface area (TPSA) is 57.2 Å². The molecule has 150 valence electrons. The minimum Gasteiger partial charge on any atom is -0.354 e. The molecule has 1 saturated heterocycles. The van der Waals surface area contributed by atoms with Crippen LogP contribution in [-0.2, 0) is 0 Å². The predicted molar refractivity (Wildman–Crippen MR) is 119 cm³/mol. The molecule has 0 bridgehead atoms. The van der Waals surface area contributed by atoms with Gasteiger partial charge in [0.05, 0.1) is 5.69 Å². The SMILES string of the molecule is CC(C)CNc1nc(-c2ccccc2)cc(N2CCN(c3ccccn3)CC2)n1. The van der Waals surface area contributed by atoms with Crippen LogP contribution in [0.2, 0.25) is 0 Å². The van der Waals surface area contributed by atoms with Crippen LogP contribution < -0.4 is 15.1 Å². The van der Waals surface area contributed by atoms with Crippen molar-refractivity contribution in [2.24, 2.45) is 5.92 Å². The lowest BCUT2D eigenvalue weighted by Crippen LogP contribution is -2.47. The first-order chi connectivity index (χ1) is 14.2. The quantitative estimate of drug-likeness (QED) is 0.690. The normalized spacial score (nSPS) is 14.3. The molecule has 2 aromatic heterocycles. The Labute approximate surface area is 172 Å². The average Bonchev–Trinajstić information content (AvgIpc) is 2.79. The first-order valence-corrected chi connectivity index (χ1v) is 10.3. The van der Waals surface area contributed by atoms with Crippen LogP contribution in [0.1, 0.15) is 13.8 Å². The molecular formula is C23H28N6. The molecule has 0 atom stereocenters. The highest BCUT2D eigenvalue weighted by Gasteiger charge is 2.20. The molecule has 6 nitrogen and oxygen atoms in total. The largest absolute Gasteiger partial charge is 0.354 e. The molecular weight excluding hydrogens is 360 g/mol. The van der Waals surface area contributed by atoms with Crippen molar-refractivity contribution in [3.63, 3.8) is 0 Å². The summed E-state index contributed by atoms with van der Waals surface area (Å²) in [4.78, 5) is 18.7. The molecule has 6 heteroatoms. The smallest absolute Gasteiger partial charge is 0.225 e. The van der Waals surface area contributed by atoms with E-state index in [1.807, 2.05) is 36.5 Å². The van der Waals surface area contributed by atoms with E-state index in [0.29, 0.717) is 11.9 Å². The third kappa shape index (κ3) is 4.83. The lowest BCUT2D eigenvalue weighted by molar-refractivity contribution is 0.640. The molecule has 0 aliphatic carbocycles. The second-order valence-electron chi connectivity index (χ2n) is 7.74. The Balaban J connectivity index is 1.55. The molecule has 0 saturated carbocycles. The van der Waals surface area contributed by atoms with Crippen LogP contribution >= 0.6 is 0 Å². The molecule has 0 radical (unpaired) electrons. The molecule has 1 aliphatic heterocycles. The van der Waals surface area contributed by atoms with Crippen molar-refractivity contribution in [2.75, 3.05) is 47.8 Å². The van der Waals surface area contributed by atoms with E-state index in [-0.39, 0.29) is 0 Å². The summed E-state index contributed by atoms with van der Waals surface area (Å²) in [7, 11) is 0. The van der Waals surface area contributed by atoms with Crippen LogP contribution in [0.3, 0.4) is 0 Å². The van der Waals surface area contributed by atoms with Crippen LogP contribution in [0.4, 0.5) is 17.6 Å². The summed E-state index contributed by atoms with van der Waals surface area (Å²) in [5.41, 5.74) is 2.06. The molecule has 3 heterocycles. The summed E-state index contributed by atoms with van der Waals surface area (Å²) in [6.45, 7) is 8.90. The monoisotopic (exact) mass is 388 g/mol. The van der Waals surface area contributed by atoms with Crippen LogP contribution in [0.25, 0.3) is 11.3 Å². The van der Waals surface area contributed by atoms with Crippen molar-refractivity contribution >= 4 is 17.6 Å². The lowest BCUT2D eigenvalue weighted by atomic mass is 10.1. The molecule has 1 aliphatic rings. The van der Waals surface area contributed by atoms with Crippen LogP contribution in [0, 0.1) is 5.92 Å². The number of benzene rings is 1. The fourth-order valence-electron chi connectivity index (χ4n) is 3.43. The Morgan fingerprint density at radius 2 is 1.55 bits per heavy atom. The number of hydrogen-bond acceptors (Lipinski definition) is 6. The maximum Gasteiger partial charge on any atom is 0.225 e. The van der Waals surface area contributed by atoms with Gasteiger partial charge in [-0.1, -0.05) is 50.2 Å². The molecule has 0 unspecified atom stereocenters. The van der Waals surface area contributed by atoms with Gasteiger partial charge in [-0.15, -0.1) is 0 Å². The highest BCUT2D eigenvalue weighted by Crippen LogP contribution is 2.25. The fraction of sp³-hybridized carbons (Fsp3) is 0.348. The van der Waals surface area contributed by atoms with Crippen molar-refractivity contribution in [1.29, 1.82) is 0 Å². The van der Waals surface area contributed by atoms with Crippen molar-refractivity contribution < 1.29 is 0 Å². The van der Waals surface area contributed by atoms with Crippen molar-refractivity contribution in [3.05, 3.63) is 60.8 Å². The van der Waals surface area contributed by atoms with Gasteiger partial charge in [0, 0.05) is 50.6 Å². The molecule has 0 amide bonds. The molecule has 29 heavy (non-hydrogen) atoms. The maximum absolute atomic E-state index is 4.82. The van der Waals surface area contributed by atoms with Gasteiger partial charge in [0.1, 0.15) is 11.6 Å². The lowest BCUT2D eigenvalue weighted by Gasteiger charge is -2.36. The van der Waals surface area contributed by atoms with E-state index in [9.17, 15) is 0 Å². The average molecular weight is 389 g/mol. The fourth-order valence-corrected chi connectivity index (χ4v) is 3.43. The Morgan fingerprint density at radius 3 is 2.21 bits per heavy atom. The number of nitrogens with zero attached hydrogens (tertiary/aromatic N) is 5. The zero-order valence-electron chi connectivity index (χ0n) is 17.1. The second kappa shape index (κ2) is 8.90. The molecule has 3 aromatic rings. The van der Waals surface area contributed by atoms with Gasteiger partial charge >= 0.3 is 0 Å². The standard InChI is InChI=1S/C23H28N6/c1-18(2)17-25-23-26-20(19-8-4-3-5-9-19)16-22(27-23)29-14-12-28(13-15-29)21-10-6-7-11-24-21/h3-11,16,18H,12-15,17H2,1-2H3,(H,25,26,27). The maximum atomic E-state index is 4.82. The van der Waals surface area contributed by atoms with Gasteiger partial charge in [0.2, 0.25) is 5.95 Å². The zero-order valence-corrected chi connectivity index (χ0v) is 17.1. The Morgan fingerprint density at radius 1 is 0.862 bits per heavy atom. The first-order valence-electron chi connectivity index (χ1n) is 10.3. The van der Waals surface area contributed by atoms with Gasteiger partial charge in [0.25, 0.3) is 0 Å². The Hall–Kier alpha value is -3.15. The van der Waals surface area contributed by atoms with Crippen LogP contribution in [-0.4, -0.2) is 47.7 Å². The number of hydrogen-bond donors (Lipinski definition) is 1. The van der Waals surface area contributed by atoms with Gasteiger partial charge < -0.3 is 15.1 Å². The molecule has 0 spiro atoms. The van der Waals surface area contributed by atoms with Gasteiger partial charge in [-0.2, -0.15) is 4.98 Å². The second-order valence-corrected chi connectivity index (χ2v) is 7.74. The van der Waals surface area contributed by atoms with Crippen molar-refractivity contribution in [1.82, 2.24) is 15.0 Å². The van der Waals surface area contributed by atoms with E-state index in [0.717, 1.165) is 55.6 Å². The predicted octanol–water partition coefficient (Wildman–Crippen LogP) is 3.93. The van der Waals surface area contributed by atoms with Crippen LogP contribution in [0.5, 0.6) is 0 Å². The van der Waals surface area contributed by atoms with Gasteiger partial charge in [-0.05, 0) is 18.1 Å². The molecule has 4 rings (SSSR count). The number of rotatable bonds is 6. The third-order valence-electron chi connectivity index (χ3n) is 5.03. The Kier molecular flexibility index (Phi) is 5.89. The number of nitrogens with one attached hydrogen (secondary N) is 1. The summed E-state index contributed by atoms with van der Waals surface area (Å²) in [5.74, 6) is 3.25. The van der Waals surface area contributed by atoms with Crippen LogP contribution in [0.15, 0.2) is 60.8 Å². The summed E-state index contributed by atoms with van der Waals surface area (Å²) >= 11 is 0. The third-order valence-corrected chi connectivity index (χ3v) is 5.03. The van der Waals surface area contributed by atoms with E-state index in [1.54, 1.807) is 0 Å². The highest BCUT2D eigenvalue weighted by molar-refractivity contribution is 5.65. The Bertz CT molecular complexity index is 905. The summed E-state index contributed by atoms with van der Waals surface area (Å²) in [6, 6.07) is 18.5. The van der Waals surface area contributed by atoms with Crippen molar-refractivity contribution in [3.8, 4) is 11.3 Å². The highest BCUT2D eigenvalue weighted by atomic mass is 15.3. The molecule has 1 fully saturated rings. The van der Waals surface area contributed by atoms with Gasteiger partial charge in [-0.25, -0.2) is 9.97 Å². The summed E-state index contributed by atoms with van der Waals surface area (Å²) in [6.07, 6.45) is 1.85. The number of piperazine rings is 1. The zero-order chi connectivity index (χ0) is 20.1. The molecule has 1 N–H and O–H groups in total. The van der Waals surface area contributed by atoms with Gasteiger partial charge in [0.15, 0.2) is 0 Å². The number of pyridine rings is 1.